The number of pyridine rings is 1. The van der Waals surface area contributed by atoms with Crippen LogP contribution >= 0.6 is 0 Å². The highest BCUT2D eigenvalue weighted by molar-refractivity contribution is 5.92. The fourth-order valence-corrected chi connectivity index (χ4v) is 4.32. The first-order chi connectivity index (χ1) is 16.6. The number of amides is 1. The number of carbonyl (C=O) groups is 1. The summed E-state index contributed by atoms with van der Waals surface area (Å²) in [4.78, 5) is 33.6. The first-order valence-corrected chi connectivity index (χ1v) is 11.5. The maximum Gasteiger partial charge on any atom is 0.223 e. The van der Waals surface area contributed by atoms with Crippen molar-refractivity contribution in [3.8, 4) is 17.1 Å². The minimum absolute atomic E-state index is 0.173. The van der Waals surface area contributed by atoms with Gasteiger partial charge in [-0.2, -0.15) is 0 Å². The quantitative estimate of drug-likeness (QED) is 0.477. The number of aryl methyl sites for hydroxylation is 2. The molecule has 0 spiro atoms. The van der Waals surface area contributed by atoms with Crippen LogP contribution in [0, 0.1) is 6.92 Å². The molecule has 5 rings (SSSR count). The highest BCUT2D eigenvalue weighted by atomic mass is 16.5. The van der Waals surface area contributed by atoms with Gasteiger partial charge in [0.15, 0.2) is 0 Å². The summed E-state index contributed by atoms with van der Waals surface area (Å²) in [6, 6.07) is 14.3. The van der Waals surface area contributed by atoms with E-state index in [9.17, 15) is 4.79 Å². The van der Waals surface area contributed by atoms with Crippen LogP contribution in [0.15, 0.2) is 55.0 Å². The summed E-state index contributed by atoms with van der Waals surface area (Å²) < 4.78 is 5.09. The number of fused-ring (bicyclic) bond motifs is 1. The molecule has 3 aromatic heterocycles. The molecule has 0 atom stereocenters. The SMILES string of the molecule is COc1ccc(CCC(=O)N2CCN(c3ncnc4[nH]c(-c5ccc(C)cc5)cc34)CC2)cn1. The fraction of sp³-hybridized carbons (Fsp3) is 0.308. The predicted octanol–water partition coefficient (Wildman–Crippen LogP) is 3.62. The smallest absolute Gasteiger partial charge is 0.223 e. The zero-order chi connectivity index (χ0) is 23.5. The summed E-state index contributed by atoms with van der Waals surface area (Å²) in [7, 11) is 1.59. The van der Waals surface area contributed by atoms with Crippen LogP contribution in [-0.2, 0) is 11.2 Å². The molecule has 0 unspecified atom stereocenters. The molecule has 0 radical (unpaired) electrons. The van der Waals surface area contributed by atoms with Gasteiger partial charge in [0.05, 0.1) is 12.5 Å². The Balaban J connectivity index is 1.23. The molecule has 174 valence electrons. The maximum atomic E-state index is 12.8. The lowest BCUT2D eigenvalue weighted by molar-refractivity contribution is -0.131. The van der Waals surface area contributed by atoms with Crippen LogP contribution in [0.25, 0.3) is 22.3 Å². The highest BCUT2D eigenvalue weighted by Crippen LogP contribution is 2.29. The van der Waals surface area contributed by atoms with E-state index < -0.39 is 0 Å². The fourth-order valence-electron chi connectivity index (χ4n) is 4.32. The lowest BCUT2D eigenvalue weighted by Gasteiger charge is -2.35. The summed E-state index contributed by atoms with van der Waals surface area (Å²) in [5, 5.41) is 1.00. The minimum Gasteiger partial charge on any atom is -0.481 e. The molecular weight excluding hydrogens is 428 g/mol. The van der Waals surface area contributed by atoms with Gasteiger partial charge in [-0.1, -0.05) is 35.9 Å². The molecule has 1 aromatic carbocycles. The van der Waals surface area contributed by atoms with Crippen LogP contribution in [0.3, 0.4) is 0 Å². The number of methoxy groups -OCH3 is 1. The van der Waals surface area contributed by atoms with Crippen LogP contribution in [0.5, 0.6) is 5.88 Å². The van der Waals surface area contributed by atoms with Crippen molar-refractivity contribution in [2.45, 2.75) is 19.8 Å². The van der Waals surface area contributed by atoms with Gasteiger partial charge in [0.25, 0.3) is 0 Å². The average molecular weight is 457 g/mol. The third-order valence-corrected chi connectivity index (χ3v) is 6.33. The molecule has 8 nitrogen and oxygen atoms in total. The standard InChI is InChI=1S/C26H28N6O2/c1-18-3-7-20(8-4-18)22-15-21-25(30-22)28-17-29-26(21)32-13-11-31(12-14-32)24(33)10-6-19-5-9-23(34-2)27-16-19/h3-5,7-9,15-17H,6,10-14H2,1-2H3,(H,28,29,30). The Morgan fingerprint density at radius 1 is 1.03 bits per heavy atom. The van der Waals surface area contributed by atoms with Crippen molar-refractivity contribution in [1.82, 2.24) is 24.8 Å². The van der Waals surface area contributed by atoms with Gasteiger partial charge in [-0.15, -0.1) is 0 Å². The highest BCUT2D eigenvalue weighted by Gasteiger charge is 2.23. The van der Waals surface area contributed by atoms with Crippen molar-refractivity contribution < 1.29 is 9.53 Å². The molecular formula is C26H28N6O2. The third-order valence-electron chi connectivity index (χ3n) is 6.33. The van der Waals surface area contributed by atoms with Crippen LogP contribution in [-0.4, -0.2) is 64.0 Å². The second-order valence-corrected chi connectivity index (χ2v) is 8.59. The Hall–Kier alpha value is -3.94. The molecule has 8 heteroatoms. The lowest BCUT2D eigenvalue weighted by atomic mass is 10.1. The predicted molar refractivity (Wildman–Crippen MR) is 132 cm³/mol. The Kier molecular flexibility index (Phi) is 6.12. The van der Waals surface area contributed by atoms with E-state index in [1.54, 1.807) is 19.6 Å². The number of hydrogen-bond acceptors (Lipinski definition) is 6. The molecule has 1 amide bonds. The van der Waals surface area contributed by atoms with E-state index in [2.05, 4.69) is 62.1 Å². The van der Waals surface area contributed by atoms with Gasteiger partial charge < -0.3 is 19.5 Å². The molecule has 1 saturated heterocycles. The number of rotatable bonds is 6. The third kappa shape index (κ3) is 4.57. The van der Waals surface area contributed by atoms with Crippen LogP contribution in [0.1, 0.15) is 17.5 Å². The number of carbonyl (C=O) groups excluding carboxylic acids is 1. The number of nitrogens with zero attached hydrogens (tertiary/aromatic N) is 5. The summed E-state index contributed by atoms with van der Waals surface area (Å²) in [6.07, 6.45) is 4.52. The van der Waals surface area contributed by atoms with Gasteiger partial charge in [0.2, 0.25) is 11.8 Å². The summed E-state index contributed by atoms with van der Waals surface area (Å²) in [6.45, 7) is 4.93. The average Bonchev–Trinajstić information content (AvgIpc) is 3.32. The Bertz CT molecular complexity index is 1280. The van der Waals surface area contributed by atoms with Crippen molar-refractivity contribution in [3.05, 3.63) is 66.1 Å². The van der Waals surface area contributed by atoms with Crippen molar-refractivity contribution in [3.63, 3.8) is 0 Å². The molecule has 1 fully saturated rings. The van der Waals surface area contributed by atoms with Crippen molar-refractivity contribution >= 4 is 22.8 Å². The zero-order valence-electron chi connectivity index (χ0n) is 19.5. The van der Waals surface area contributed by atoms with E-state index in [-0.39, 0.29) is 5.91 Å². The zero-order valence-corrected chi connectivity index (χ0v) is 19.5. The van der Waals surface area contributed by atoms with Gasteiger partial charge in [0.1, 0.15) is 17.8 Å². The number of hydrogen-bond donors (Lipinski definition) is 1. The molecule has 1 N–H and O–H groups in total. The van der Waals surface area contributed by atoms with Crippen molar-refractivity contribution in [1.29, 1.82) is 0 Å². The molecule has 1 aliphatic rings. The molecule has 1 aliphatic heterocycles. The molecule has 0 aliphatic carbocycles. The number of ether oxygens (including phenoxy) is 1. The Labute approximate surface area is 198 Å². The van der Waals surface area contributed by atoms with E-state index in [1.807, 2.05) is 17.0 Å². The van der Waals surface area contributed by atoms with Gasteiger partial charge in [0, 0.05) is 50.6 Å². The van der Waals surface area contributed by atoms with E-state index in [4.69, 9.17) is 4.74 Å². The second kappa shape index (κ2) is 9.51. The summed E-state index contributed by atoms with van der Waals surface area (Å²) >= 11 is 0. The van der Waals surface area contributed by atoms with Crippen LogP contribution in [0.2, 0.25) is 0 Å². The lowest BCUT2D eigenvalue weighted by Crippen LogP contribution is -2.49. The molecule has 34 heavy (non-hydrogen) atoms. The van der Waals surface area contributed by atoms with E-state index in [0.29, 0.717) is 31.8 Å². The van der Waals surface area contributed by atoms with Gasteiger partial charge >= 0.3 is 0 Å². The first-order valence-electron chi connectivity index (χ1n) is 11.5. The molecule has 0 saturated carbocycles. The number of aromatic amines is 1. The van der Waals surface area contributed by atoms with Gasteiger partial charge in [-0.3, -0.25) is 4.79 Å². The second-order valence-electron chi connectivity index (χ2n) is 8.59. The normalized spacial score (nSPS) is 13.9. The van der Waals surface area contributed by atoms with Crippen LogP contribution < -0.4 is 9.64 Å². The van der Waals surface area contributed by atoms with Gasteiger partial charge in [-0.25, -0.2) is 15.0 Å². The monoisotopic (exact) mass is 456 g/mol. The Morgan fingerprint density at radius 3 is 2.53 bits per heavy atom. The van der Waals surface area contributed by atoms with E-state index >= 15 is 0 Å². The van der Waals surface area contributed by atoms with E-state index in [0.717, 1.165) is 46.8 Å². The van der Waals surface area contributed by atoms with E-state index in [1.165, 1.54) is 5.56 Å². The molecule has 4 aromatic rings. The topological polar surface area (TPSA) is 87.2 Å². The summed E-state index contributed by atoms with van der Waals surface area (Å²) in [5.74, 6) is 1.67. The first kappa shape index (κ1) is 21.9. The number of anilines is 1. The molecule has 4 heterocycles. The number of benzene rings is 1. The number of nitrogens with one attached hydrogen (secondary N) is 1. The largest absolute Gasteiger partial charge is 0.481 e. The van der Waals surface area contributed by atoms with Gasteiger partial charge in [-0.05, 0) is 30.5 Å². The Morgan fingerprint density at radius 2 is 1.82 bits per heavy atom. The molecule has 0 bridgehead atoms. The minimum atomic E-state index is 0.173. The number of aromatic nitrogens is 4. The van der Waals surface area contributed by atoms with Crippen molar-refractivity contribution in [2.24, 2.45) is 0 Å². The number of piperazine rings is 1. The number of H-pyrrole nitrogens is 1. The summed E-state index contributed by atoms with van der Waals surface area (Å²) in [5.41, 5.74) is 5.24. The van der Waals surface area contributed by atoms with Crippen molar-refractivity contribution in [2.75, 3.05) is 38.2 Å². The van der Waals surface area contributed by atoms with Crippen LogP contribution in [0.4, 0.5) is 5.82 Å². The maximum absolute atomic E-state index is 12.8.